The largest absolute Gasteiger partial charge is 0.456 e. The van der Waals surface area contributed by atoms with Crippen LogP contribution in [0.3, 0.4) is 0 Å². The highest BCUT2D eigenvalue weighted by molar-refractivity contribution is 6.06. The van der Waals surface area contributed by atoms with Crippen molar-refractivity contribution in [2.75, 3.05) is 0 Å². The smallest absolute Gasteiger partial charge is 0.135 e. The maximum absolute atomic E-state index is 9.54. The average molecular weight is 226 g/mol. The van der Waals surface area contributed by atoms with Crippen molar-refractivity contribution in [3.63, 3.8) is 0 Å². The SMILES string of the molecule is CC(O)Cc1cccc2oc3ccccc3c12. The Balaban J connectivity index is 2.35. The Morgan fingerprint density at radius 1 is 1.06 bits per heavy atom. The van der Waals surface area contributed by atoms with Crippen LogP contribution in [0, 0.1) is 0 Å². The van der Waals surface area contributed by atoms with Crippen LogP contribution in [-0.4, -0.2) is 11.2 Å². The maximum atomic E-state index is 9.54. The number of para-hydroxylation sites is 1. The number of hydrogen-bond acceptors (Lipinski definition) is 2. The minimum absolute atomic E-state index is 0.339. The van der Waals surface area contributed by atoms with Crippen molar-refractivity contribution in [1.82, 2.24) is 0 Å². The van der Waals surface area contributed by atoms with Crippen LogP contribution in [-0.2, 0) is 6.42 Å². The minimum Gasteiger partial charge on any atom is -0.456 e. The molecular weight excluding hydrogens is 212 g/mol. The van der Waals surface area contributed by atoms with Gasteiger partial charge in [-0.1, -0.05) is 30.3 Å². The van der Waals surface area contributed by atoms with Gasteiger partial charge in [-0.2, -0.15) is 0 Å². The first-order valence-electron chi connectivity index (χ1n) is 5.83. The van der Waals surface area contributed by atoms with Crippen LogP contribution in [0.5, 0.6) is 0 Å². The fourth-order valence-corrected chi connectivity index (χ4v) is 2.34. The van der Waals surface area contributed by atoms with Crippen LogP contribution in [0.1, 0.15) is 12.5 Å². The first kappa shape index (κ1) is 10.4. The number of rotatable bonds is 2. The van der Waals surface area contributed by atoms with E-state index in [2.05, 4.69) is 12.1 Å². The molecule has 3 rings (SSSR count). The molecule has 17 heavy (non-hydrogen) atoms. The van der Waals surface area contributed by atoms with Gasteiger partial charge in [-0.25, -0.2) is 0 Å². The number of aliphatic hydroxyl groups excluding tert-OH is 1. The predicted molar refractivity (Wildman–Crippen MR) is 69.1 cm³/mol. The van der Waals surface area contributed by atoms with E-state index in [4.69, 9.17) is 4.42 Å². The molecule has 1 N–H and O–H groups in total. The third-order valence-electron chi connectivity index (χ3n) is 3.00. The summed E-state index contributed by atoms with van der Waals surface area (Å²) in [6.07, 6.45) is 0.315. The van der Waals surface area contributed by atoms with Crippen molar-refractivity contribution < 1.29 is 9.52 Å². The van der Waals surface area contributed by atoms with E-state index in [9.17, 15) is 5.11 Å². The maximum Gasteiger partial charge on any atom is 0.135 e. The summed E-state index contributed by atoms with van der Waals surface area (Å²) < 4.78 is 5.79. The van der Waals surface area contributed by atoms with E-state index in [-0.39, 0.29) is 6.10 Å². The zero-order valence-corrected chi connectivity index (χ0v) is 9.68. The van der Waals surface area contributed by atoms with E-state index in [1.807, 2.05) is 30.3 Å². The second-order valence-electron chi connectivity index (χ2n) is 4.44. The van der Waals surface area contributed by atoms with Gasteiger partial charge >= 0.3 is 0 Å². The normalized spacial score (nSPS) is 13.3. The molecule has 0 radical (unpaired) electrons. The lowest BCUT2D eigenvalue weighted by atomic mass is 10.0. The number of furan rings is 1. The van der Waals surface area contributed by atoms with Crippen LogP contribution in [0.25, 0.3) is 21.9 Å². The molecule has 0 saturated carbocycles. The van der Waals surface area contributed by atoms with E-state index in [0.717, 1.165) is 27.5 Å². The molecule has 3 aromatic rings. The Morgan fingerprint density at radius 3 is 2.65 bits per heavy atom. The van der Waals surface area contributed by atoms with Gasteiger partial charge in [0, 0.05) is 10.8 Å². The monoisotopic (exact) mass is 226 g/mol. The second kappa shape index (κ2) is 3.90. The summed E-state index contributed by atoms with van der Waals surface area (Å²) in [5, 5.41) is 11.8. The van der Waals surface area contributed by atoms with E-state index < -0.39 is 0 Å². The lowest BCUT2D eigenvalue weighted by molar-refractivity contribution is 0.196. The molecule has 1 unspecified atom stereocenters. The highest BCUT2D eigenvalue weighted by Crippen LogP contribution is 2.31. The summed E-state index contributed by atoms with van der Waals surface area (Å²) in [6.45, 7) is 1.81. The minimum atomic E-state index is -0.339. The molecule has 0 aliphatic carbocycles. The number of hydrogen-bond donors (Lipinski definition) is 1. The molecule has 0 aliphatic heterocycles. The molecule has 1 aromatic heterocycles. The first-order chi connectivity index (χ1) is 8.25. The fourth-order valence-electron chi connectivity index (χ4n) is 2.34. The lowest BCUT2D eigenvalue weighted by Crippen LogP contribution is -2.04. The summed E-state index contributed by atoms with van der Waals surface area (Å²) in [5.74, 6) is 0. The number of benzene rings is 2. The summed E-state index contributed by atoms with van der Waals surface area (Å²) in [4.78, 5) is 0. The zero-order chi connectivity index (χ0) is 11.8. The Labute approximate surface area is 99.5 Å². The van der Waals surface area contributed by atoms with Crippen LogP contribution >= 0.6 is 0 Å². The zero-order valence-electron chi connectivity index (χ0n) is 9.68. The van der Waals surface area contributed by atoms with Gasteiger partial charge in [0.1, 0.15) is 11.2 Å². The van der Waals surface area contributed by atoms with Crippen LogP contribution < -0.4 is 0 Å². The topological polar surface area (TPSA) is 33.4 Å². The van der Waals surface area contributed by atoms with Gasteiger partial charge in [0.2, 0.25) is 0 Å². The van der Waals surface area contributed by atoms with Crippen molar-refractivity contribution in [2.45, 2.75) is 19.4 Å². The van der Waals surface area contributed by atoms with Crippen molar-refractivity contribution in [1.29, 1.82) is 0 Å². The summed E-state index contributed by atoms with van der Waals surface area (Å²) in [7, 11) is 0. The predicted octanol–water partition coefficient (Wildman–Crippen LogP) is 3.51. The van der Waals surface area contributed by atoms with Gasteiger partial charge in [0.15, 0.2) is 0 Å². The van der Waals surface area contributed by atoms with Crippen molar-refractivity contribution >= 4 is 21.9 Å². The molecule has 2 heteroatoms. The van der Waals surface area contributed by atoms with Gasteiger partial charge in [0.05, 0.1) is 6.10 Å². The first-order valence-corrected chi connectivity index (χ1v) is 5.83. The molecule has 86 valence electrons. The van der Waals surface area contributed by atoms with Gasteiger partial charge in [0.25, 0.3) is 0 Å². The van der Waals surface area contributed by atoms with Gasteiger partial charge < -0.3 is 9.52 Å². The fraction of sp³-hybridized carbons (Fsp3) is 0.200. The summed E-state index contributed by atoms with van der Waals surface area (Å²) in [5.41, 5.74) is 2.94. The lowest BCUT2D eigenvalue weighted by Gasteiger charge is -2.05. The number of aliphatic hydroxyl groups is 1. The number of fused-ring (bicyclic) bond motifs is 3. The summed E-state index contributed by atoms with van der Waals surface area (Å²) in [6, 6.07) is 14.0. The Kier molecular flexibility index (Phi) is 2.37. The van der Waals surface area contributed by atoms with E-state index in [0.29, 0.717) is 6.42 Å². The molecular formula is C15H14O2. The van der Waals surface area contributed by atoms with Crippen molar-refractivity contribution in [3.05, 3.63) is 48.0 Å². The van der Waals surface area contributed by atoms with Crippen LogP contribution in [0.2, 0.25) is 0 Å². The molecule has 0 bridgehead atoms. The molecule has 0 saturated heterocycles. The van der Waals surface area contributed by atoms with Gasteiger partial charge in [-0.05, 0) is 31.0 Å². The standard InChI is InChI=1S/C15H14O2/c1-10(16)9-11-5-4-8-14-15(11)12-6-2-3-7-13(12)17-14/h2-8,10,16H,9H2,1H3. The van der Waals surface area contributed by atoms with E-state index in [1.54, 1.807) is 6.92 Å². The average Bonchev–Trinajstić information content (AvgIpc) is 2.67. The molecule has 2 aromatic carbocycles. The van der Waals surface area contributed by atoms with E-state index >= 15 is 0 Å². The molecule has 0 aliphatic rings. The van der Waals surface area contributed by atoms with Crippen LogP contribution in [0.15, 0.2) is 46.9 Å². The molecule has 0 spiro atoms. The Morgan fingerprint density at radius 2 is 1.82 bits per heavy atom. The van der Waals surface area contributed by atoms with Crippen molar-refractivity contribution in [3.8, 4) is 0 Å². The van der Waals surface area contributed by atoms with Crippen LogP contribution in [0.4, 0.5) is 0 Å². The Hall–Kier alpha value is -1.80. The third-order valence-corrected chi connectivity index (χ3v) is 3.00. The quantitative estimate of drug-likeness (QED) is 0.725. The van der Waals surface area contributed by atoms with Gasteiger partial charge in [-0.3, -0.25) is 0 Å². The third kappa shape index (κ3) is 1.71. The highest BCUT2D eigenvalue weighted by Gasteiger charge is 2.11. The molecule has 2 nitrogen and oxygen atoms in total. The van der Waals surface area contributed by atoms with Crippen molar-refractivity contribution in [2.24, 2.45) is 0 Å². The highest BCUT2D eigenvalue weighted by atomic mass is 16.3. The van der Waals surface area contributed by atoms with Gasteiger partial charge in [-0.15, -0.1) is 0 Å². The molecule has 0 amide bonds. The Bertz CT molecular complexity index is 665. The molecule has 1 heterocycles. The molecule has 0 fully saturated rings. The van der Waals surface area contributed by atoms with E-state index in [1.165, 1.54) is 0 Å². The second-order valence-corrected chi connectivity index (χ2v) is 4.44. The molecule has 1 atom stereocenters. The summed E-state index contributed by atoms with van der Waals surface area (Å²) >= 11 is 0.